The Hall–Kier alpha value is -4.12. The number of carbonyl (C=O) groups excluding carboxylic acids is 2. The highest BCUT2D eigenvalue weighted by atomic mass is 35.5. The zero-order valence-corrected chi connectivity index (χ0v) is 29.9. The maximum atomic E-state index is 12.0. The van der Waals surface area contributed by atoms with Crippen LogP contribution in [0, 0.1) is 22.7 Å². The number of ether oxygens (including phenoxy) is 2. The Labute approximate surface area is 309 Å². The van der Waals surface area contributed by atoms with Crippen molar-refractivity contribution in [3.8, 4) is 39.6 Å². The van der Waals surface area contributed by atoms with Crippen LogP contribution in [-0.4, -0.2) is 54.2 Å². The van der Waals surface area contributed by atoms with Crippen molar-refractivity contribution in [1.29, 1.82) is 10.5 Å². The summed E-state index contributed by atoms with van der Waals surface area (Å²) in [5.74, 6) is 0.0636. The van der Waals surface area contributed by atoms with E-state index < -0.39 is 12.0 Å². The first-order valence-electron chi connectivity index (χ1n) is 14.3. The van der Waals surface area contributed by atoms with Crippen LogP contribution in [-0.2, 0) is 20.1 Å². The number of aromatic nitrogens is 2. The van der Waals surface area contributed by atoms with Gasteiger partial charge in [-0.05, 0) is 36.2 Å². The Morgan fingerprint density at radius 2 is 1.67 bits per heavy atom. The molecule has 0 saturated heterocycles. The van der Waals surface area contributed by atoms with Gasteiger partial charge in [0, 0.05) is 46.8 Å². The highest BCUT2D eigenvalue weighted by Gasteiger charge is 2.21. The molecule has 4 rings (SSSR count). The van der Waals surface area contributed by atoms with Gasteiger partial charge in [-0.15, -0.1) is 36.2 Å². The number of nitrogens with two attached hydrogens (primary N) is 3. The summed E-state index contributed by atoms with van der Waals surface area (Å²) in [6, 6.07) is 17.7. The van der Waals surface area contributed by atoms with Crippen molar-refractivity contribution in [2.45, 2.75) is 29.7 Å². The van der Waals surface area contributed by atoms with E-state index in [-0.39, 0.29) is 73.7 Å². The van der Waals surface area contributed by atoms with E-state index in [0.29, 0.717) is 45.8 Å². The molecule has 4 aromatic rings. The molecule has 2 heterocycles. The van der Waals surface area contributed by atoms with Crippen LogP contribution in [0.25, 0.3) is 21.7 Å². The maximum Gasteiger partial charge on any atom is 0.305 e. The van der Waals surface area contributed by atoms with Crippen LogP contribution in [0.2, 0.25) is 5.02 Å². The van der Waals surface area contributed by atoms with Gasteiger partial charge in [-0.3, -0.25) is 9.59 Å². The number of carbonyl (C=O) groups is 2. The quantitative estimate of drug-likeness (QED) is 0.0708. The topological polar surface area (TPSA) is 216 Å². The number of thioether (sulfide) groups is 1. The van der Waals surface area contributed by atoms with E-state index >= 15 is 0 Å². The summed E-state index contributed by atoms with van der Waals surface area (Å²) in [5.41, 5.74) is 20.3. The minimum atomic E-state index is -0.829. The summed E-state index contributed by atoms with van der Waals surface area (Å²) in [6.45, 7) is 0.687. The Kier molecular flexibility index (Phi) is 17.1. The van der Waals surface area contributed by atoms with Crippen LogP contribution >= 0.6 is 59.5 Å². The van der Waals surface area contributed by atoms with Gasteiger partial charge in [-0.2, -0.15) is 10.5 Å². The third-order valence-corrected chi connectivity index (χ3v) is 8.81. The lowest BCUT2D eigenvalue weighted by atomic mass is 9.97. The molecule has 49 heavy (non-hydrogen) atoms. The van der Waals surface area contributed by atoms with Gasteiger partial charge in [0.25, 0.3) is 0 Å². The van der Waals surface area contributed by atoms with E-state index in [9.17, 15) is 20.1 Å². The van der Waals surface area contributed by atoms with Crippen molar-refractivity contribution in [3.05, 3.63) is 75.8 Å². The summed E-state index contributed by atoms with van der Waals surface area (Å²) < 4.78 is 10.8. The first-order valence-corrected chi connectivity index (χ1v) is 16.6. The van der Waals surface area contributed by atoms with Gasteiger partial charge < -0.3 is 32.0 Å². The second-order valence-corrected chi connectivity index (χ2v) is 12.2. The van der Waals surface area contributed by atoms with E-state index in [1.807, 2.05) is 29.6 Å². The lowest BCUT2D eigenvalue weighted by Gasteiger charge is -2.14. The van der Waals surface area contributed by atoms with Crippen molar-refractivity contribution < 1.29 is 19.1 Å². The SMILES string of the molecule is Cl.Cl.N#Cc1c(N)nc(SCc2csc(-c3ccc(Cl)cc3)n2)c(C#N)c1-c1ccc(OCCOC(=O)CC[C@H](N)C(=O)NCCN)cc1. The van der Waals surface area contributed by atoms with E-state index in [1.54, 1.807) is 24.3 Å². The number of hydrogen-bond donors (Lipinski definition) is 4. The van der Waals surface area contributed by atoms with Crippen LogP contribution in [0.15, 0.2) is 58.9 Å². The molecule has 0 radical (unpaired) electrons. The molecule has 0 aliphatic rings. The number of esters is 1. The summed E-state index contributed by atoms with van der Waals surface area (Å²) in [7, 11) is 0. The normalized spacial score (nSPS) is 10.8. The van der Waals surface area contributed by atoms with E-state index in [0.717, 1.165) is 16.3 Å². The van der Waals surface area contributed by atoms with Gasteiger partial charge in [0.15, 0.2) is 0 Å². The average molecular weight is 764 g/mol. The van der Waals surface area contributed by atoms with Gasteiger partial charge in [-0.1, -0.05) is 47.6 Å². The number of rotatable bonds is 15. The molecule has 2 aromatic carbocycles. The van der Waals surface area contributed by atoms with E-state index in [4.69, 9.17) is 43.3 Å². The Morgan fingerprint density at radius 1 is 1.00 bits per heavy atom. The fraction of sp³-hybridized carbons (Fsp3) is 0.250. The molecule has 7 N–H and O–H groups in total. The van der Waals surface area contributed by atoms with Crippen LogP contribution < -0.4 is 27.3 Å². The second-order valence-electron chi connectivity index (χ2n) is 9.91. The summed E-state index contributed by atoms with van der Waals surface area (Å²) in [6.07, 6.45) is 0.126. The molecular weight excluding hydrogens is 731 g/mol. The van der Waals surface area contributed by atoms with Crippen molar-refractivity contribution in [1.82, 2.24) is 15.3 Å². The fourth-order valence-electron chi connectivity index (χ4n) is 4.27. The molecule has 0 aliphatic heterocycles. The minimum Gasteiger partial charge on any atom is -0.490 e. The predicted octanol–water partition coefficient (Wildman–Crippen LogP) is 5.09. The summed E-state index contributed by atoms with van der Waals surface area (Å²) >= 11 is 8.81. The first kappa shape index (κ1) is 41.1. The molecule has 0 aliphatic carbocycles. The van der Waals surface area contributed by atoms with Gasteiger partial charge in [-0.25, -0.2) is 9.97 Å². The summed E-state index contributed by atoms with van der Waals surface area (Å²) in [4.78, 5) is 32.8. The van der Waals surface area contributed by atoms with Crippen LogP contribution in [0.3, 0.4) is 0 Å². The van der Waals surface area contributed by atoms with E-state index in [2.05, 4.69) is 22.4 Å². The molecule has 0 saturated carbocycles. The van der Waals surface area contributed by atoms with Gasteiger partial charge in [0.05, 0.1) is 17.3 Å². The Balaban J connectivity index is 0.00000417. The Bertz CT molecular complexity index is 1800. The molecule has 0 bridgehead atoms. The van der Waals surface area contributed by atoms with Crippen molar-refractivity contribution in [2.24, 2.45) is 11.5 Å². The molecule has 12 nitrogen and oxygen atoms in total. The number of pyridine rings is 1. The number of benzene rings is 2. The molecule has 1 amide bonds. The number of nitrogen functional groups attached to an aromatic ring is 1. The van der Waals surface area contributed by atoms with Crippen LogP contribution in [0.4, 0.5) is 5.82 Å². The molecular formula is C32H33Cl3N8O4S2. The molecule has 17 heteroatoms. The third kappa shape index (κ3) is 11.5. The largest absolute Gasteiger partial charge is 0.490 e. The van der Waals surface area contributed by atoms with Crippen molar-refractivity contribution in [3.63, 3.8) is 0 Å². The summed E-state index contributed by atoms with van der Waals surface area (Å²) in [5, 5.41) is 26.4. The highest BCUT2D eigenvalue weighted by Crippen LogP contribution is 2.37. The maximum absolute atomic E-state index is 12.0. The molecule has 0 unspecified atom stereocenters. The lowest BCUT2D eigenvalue weighted by Crippen LogP contribution is -2.42. The van der Waals surface area contributed by atoms with Gasteiger partial charge >= 0.3 is 5.97 Å². The molecule has 258 valence electrons. The fourth-order valence-corrected chi connectivity index (χ4v) is 6.21. The number of thiazole rings is 1. The standard InChI is InChI=1S/C32H31ClN8O4S2.2ClH/c33-21-5-1-20(2-6-21)31-40-22(17-46-31)18-47-32-25(16-36)28(24(15-35)29(38)41-32)19-3-7-23(8-4-19)44-13-14-45-27(42)10-9-26(37)30(43)39-12-11-34;;/h1-8,17,26H,9-14,18,34,37H2,(H2,38,41)(H,39,43);2*1H/t26-;;/m0../s1. The lowest BCUT2D eigenvalue weighted by molar-refractivity contribution is -0.144. The van der Waals surface area contributed by atoms with Crippen LogP contribution in [0.5, 0.6) is 5.75 Å². The number of nitriles is 2. The zero-order chi connectivity index (χ0) is 33.8. The second kappa shape index (κ2) is 20.4. The number of amides is 1. The molecule has 0 spiro atoms. The smallest absolute Gasteiger partial charge is 0.305 e. The highest BCUT2D eigenvalue weighted by molar-refractivity contribution is 7.98. The monoisotopic (exact) mass is 762 g/mol. The van der Waals surface area contributed by atoms with Crippen molar-refractivity contribution in [2.75, 3.05) is 32.0 Å². The Morgan fingerprint density at radius 3 is 2.33 bits per heavy atom. The molecule has 2 aromatic heterocycles. The van der Waals surface area contributed by atoms with Gasteiger partial charge in [0.2, 0.25) is 5.91 Å². The van der Waals surface area contributed by atoms with Gasteiger partial charge in [0.1, 0.15) is 52.5 Å². The van der Waals surface area contributed by atoms with E-state index in [1.165, 1.54) is 23.1 Å². The van der Waals surface area contributed by atoms with Crippen molar-refractivity contribution >= 4 is 77.2 Å². The molecule has 0 fully saturated rings. The zero-order valence-electron chi connectivity index (χ0n) is 25.9. The number of nitrogens with one attached hydrogen (secondary N) is 1. The number of nitrogens with zero attached hydrogens (tertiary/aromatic N) is 4. The van der Waals surface area contributed by atoms with Crippen LogP contribution in [0.1, 0.15) is 29.7 Å². The number of halogens is 3. The first-order chi connectivity index (χ1) is 22.7. The number of hydrogen-bond acceptors (Lipinski definition) is 13. The molecule has 1 atom stereocenters. The third-order valence-electron chi connectivity index (χ3n) is 6.61. The predicted molar refractivity (Wildman–Crippen MR) is 196 cm³/mol. The average Bonchev–Trinajstić information content (AvgIpc) is 3.56. The number of anilines is 1. The minimum absolute atomic E-state index is 0.